The Hall–Kier alpha value is -2.41. The Morgan fingerprint density at radius 1 is 1.26 bits per heavy atom. The maximum Gasteiger partial charge on any atom is 0.332 e. The molecule has 1 aromatic heterocycles. The molecule has 124 valence electrons. The molecular weight excluding hydrogens is 298 g/mol. The Balaban J connectivity index is 2.52. The topological polar surface area (TPSA) is 82.3 Å². The quantitative estimate of drug-likeness (QED) is 0.786. The van der Waals surface area contributed by atoms with E-state index >= 15 is 0 Å². The van der Waals surface area contributed by atoms with Crippen LogP contribution in [-0.2, 0) is 16.1 Å². The number of carbonyl (C=O) groups is 1. The van der Waals surface area contributed by atoms with Gasteiger partial charge in [-0.1, -0.05) is 12.1 Å². The molecule has 0 saturated heterocycles. The zero-order valence-electron chi connectivity index (χ0n) is 13.5. The van der Waals surface area contributed by atoms with Crippen molar-refractivity contribution in [3.63, 3.8) is 0 Å². The first kappa shape index (κ1) is 17.0. The van der Waals surface area contributed by atoms with E-state index in [1.54, 1.807) is 45.2 Å². The third-order valence-electron chi connectivity index (χ3n) is 3.53. The van der Waals surface area contributed by atoms with Crippen molar-refractivity contribution in [3.05, 3.63) is 45.1 Å². The monoisotopic (exact) mass is 319 g/mol. The van der Waals surface area contributed by atoms with Gasteiger partial charge in [0.15, 0.2) is 0 Å². The van der Waals surface area contributed by atoms with E-state index in [1.807, 2.05) is 0 Å². The van der Waals surface area contributed by atoms with Crippen LogP contribution in [0.4, 0.5) is 0 Å². The third-order valence-corrected chi connectivity index (χ3v) is 3.53. The van der Waals surface area contributed by atoms with Gasteiger partial charge >= 0.3 is 5.69 Å². The van der Waals surface area contributed by atoms with Crippen LogP contribution in [0.2, 0.25) is 0 Å². The van der Waals surface area contributed by atoms with E-state index in [1.165, 1.54) is 9.13 Å². The first-order chi connectivity index (χ1) is 11.0. The van der Waals surface area contributed by atoms with Crippen molar-refractivity contribution in [2.24, 2.45) is 0 Å². The minimum atomic E-state index is -0.481. The van der Waals surface area contributed by atoms with Crippen molar-refractivity contribution >= 4 is 16.8 Å². The summed E-state index contributed by atoms with van der Waals surface area (Å²) < 4.78 is 7.38. The summed E-state index contributed by atoms with van der Waals surface area (Å²) in [5.41, 5.74) is -0.358. The molecule has 1 N–H and O–H groups in total. The molecule has 23 heavy (non-hydrogen) atoms. The summed E-state index contributed by atoms with van der Waals surface area (Å²) in [5.74, 6) is -0.303. The van der Waals surface area contributed by atoms with Gasteiger partial charge in [-0.15, -0.1) is 0 Å². The van der Waals surface area contributed by atoms with E-state index in [-0.39, 0.29) is 24.1 Å². The van der Waals surface area contributed by atoms with Crippen LogP contribution in [0.15, 0.2) is 33.9 Å². The van der Waals surface area contributed by atoms with Crippen LogP contribution in [0.5, 0.6) is 0 Å². The molecule has 7 heteroatoms. The first-order valence-corrected chi connectivity index (χ1v) is 7.47. The number of nitrogens with one attached hydrogen (secondary N) is 1. The molecule has 0 aliphatic heterocycles. The lowest BCUT2D eigenvalue weighted by molar-refractivity contribution is -0.121. The molecule has 0 spiro atoms. The number of nitrogens with zero attached hydrogens (tertiary/aromatic N) is 2. The number of hydrogen-bond acceptors (Lipinski definition) is 4. The van der Waals surface area contributed by atoms with Gasteiger partial charge < -0.3 is 10.1 Å². The molecule has 1 heterocycles. The van der Waals surface area contributed by atoms with Crippen molar-refractivity contribution in [3.8, 4) is 0 Å². The van der Waals surface area contributed by atoms with Crippen LogP contribution >= 0.6 is 0 Å². The van der Waals surface area contributed by atoms with Crippen LogP contribution in [-0.4, -0.2) is 35.3 Å². The lowest BCUT2D eigenvalue weighted by Crippen LogP contribution is -2.43. The van der Waals surface area contributed by atoms with E-state index in [0.717, 1.165) is 0 Å². The second-order valence-corrected chi connectivity index (χ2v) is 5.50. The van der Waals surface area contributed by atoms with Crippen LogP contribution in [0.3, 0.4) is 0 Å². The number of ether oxygens (including phenoxy) is 1. The molecule has 7 nitrogen and oxygen atoms in total. The Kier molecular flexibility index (Phi) is 5.33. The van der Waals surface area contributed by atoms with E-state index in [4.69, 9.17) is 4.74 Å². The Bertz CT molecular complexity index is 820. The minimum absolute atomic E-state index is 0.143. The molecule has 0 radical (unpaired) electrons. The molecule has 0 unspecified atom stereocenters. The molecule has 0 bridgehead atoms. The Morgan fingerprint density at radius 2 is 1.96 bits per heavy atom. The van der Waals surface area contributed by atoms with Gasteiger partial charge in [0.25, 0.3) is 5.56 Å². The summed E-state index contributed by atoms with van der Waals surface area (Å²) >= 11 is 0. The molecule has 0 aliphatic rings. The van der Waals surface area contributed by atoms with Gasteiger partial charge in [0.2, 0.25) is 5.91 Å². The maximum absolute atomic E-state index is 12.6. The number of amides is 1. The Morgan fingerprint density at radius 3 is 2.61 bits per heavy atom. The molecular formula is C16H21N3O4. The highest BCUT2D eigenvalue weighted by molar-refractivity contribution is 5.81. The number of benzene rings is 1. The number of fused-ring (bicyclic) bond motifs is 1. The smallest absolute Gasteiger partial charge is 0.332 e. The van der Waals surface area contributed by atoms with Gasteiger partial charge in [0.1, 0.15) is 6.54 Å². The van der Waals surface area contributed by atoms with E-state index in [0.29, 0.717) is 24.1 Å². The van der Waals surface area contributed by atoms with Gasteiger partial charge in [0.05, 0.1) is 17.5 Å². The van der Waals surface area contributed by atoms with Gasteiger partial charge in [-0.3, -0.25) is 18.7 Å². The second kappa shape index (κ2) is 7.23. The fourth-order valence-corrected chi connectivity index (χ4v) is 2.44. The van der Waals surface area contributed by atoms with E-state index < -0.39 is 5.69 Å². The van der Waals surface area contributed by atoms with Crippen LogP contribution in [0.25, 0.3) is 10.9 Å². The normalized spacial score (nSPS) is 11.1. The standard InChI is InChI=1S/C16H21N3O4/c1-11(2)19-15(21)12-6-4-5-7-13(12)18(16(19)22)10-14(20)17-8-9-23-3/h4-7,11H,8-10H2,1-3H3,(H,17,20). The lowest BCUT2D eigenvalue weighted by atomic mass is 10.2. The van der Waals surface area contributed by atoms with Gasteiger partial charge in [-0.2, -0.15) is 0 Å². The SMILES string of the molecule is COCCNC(=O)Cn1c(=O)n(C(C)C)c(=O)c2ccccc21. The number of carbonyl (C=O) groups excluding carboxylic acids is 1. The van der Waals surface area contributed by atoms with Crippen LogP contribution in [0, 0.1) is 0 Å². The van der Waals surface area contributed by atoms with Crippen molar-refractivity contribution in [2.45, 2.75) is 26.4 Å². The van der Waals surface area contributed by atoms with Gasteiger partial charge in [0, 0.05) is 19.7 Å². The average Bonchev–Trinajstić information content (AvgIpc) is 2.51. The van der Waals surface area contributed by atoms with Gasteiger partial charge in [-0.25, -0.2) is 4.79 Å². The lowest BCUT2D eigenvalue weighted by Gasteiger charge is -2.16. The molecule has 0 fully saturated rings. The predicted octanol–water partition coefficient (Wildman–Crippen LogP) is 0.507. The van der Waals surface area contributed by atoms with E-state index in [2.05, 4.69) is 5.32 Å². The first-order valence-electron chi connectivity index (χ1n) is 7.47. The molecule has 2 rings (SSSR count). The number of aromatic nitrogens is 2. The molecule has 2 aromatic rings. The summed E-state index contributed by atoms with van der Waals surface area (Å²) in [7, 11) is 1.54. The number of para-hydroxylation sites is 1. The van der Waals surface area contributed by atoms with Crippen LogP contribution < -0.4 is 16.6 Å². The zero-order chi connectivity index (χ0) is 17.0. The van der Waals surface area contributed by atoms with Crippen molar-refractivity contribution < 1.29 is 9.53 Å². The summed E-state index contributed by atoms with van der Waals surface area (Å²) in [6.45, 7) is 4.15. The highest BCUT2D eigenvalue weighted by Gasteiger charge is 2.16. The fourth-order valence-electron chi connectivity index (χ4n) is 2.44. The molecule has 1 amide bonds. The third kappa shape index (κ3) is 3.50. The molecule has 1 aromatic carbocycles. The summed E-state index contributed by atoms with van der Waals surface area (Å²) in [5, 5.41) is 3.10. The number of hydrogen-bond donors (Lipinski definition) is 1. The van der Waals surface area contributed by atoms with Crippen LogP contribution in [0.1, 0.15) is 19.9 Å². The average molecular weight is 319 g/mol. The minimum Gasteiger partial charge on any atom is -0.383 e. The summed E-state index contributed by atoms with van der Waals surface area (Å²) in [6.07, 6.45) is 0. The largest absolute Gasteiger partial charge is 0.383 e. The highest BCUT2D eigenvalue weighted by Crippen LogP contribution is 2.09. The predicted molar refractivity (Wildman–Crippen MR) is 87.7 cm³/mol. The highest BCUT2D eigenvalue weighted by atomic mass is 16.5. The van der Waals surface area contributed by atoms with Crippen molar-refractivity contribution in [2.75, 3.05) is 20.3 Å². The summed E-state index contributed by atoms with van der Waals surface area (Å²) in [4.78, 5) is 37.1. The number of rotatable bonds is 6. The zero-order valence-corrected chi connectivity index (χ0v) is 13.5. The van der Waals surface area contributed by atoms with Crippen molar-refractivity contribution in [1.82, 2.24) is 14.5 Å². The fraction of sp³-hybridized carbons (Fsp3) is 0.438. The van der Waals surface area contributed by atoms with E-state index in [9.17, 15) is 14.4 Å². The van der Waals surface area contributed by atoms with Gasteiger partial charge in [-0.05, 0) is 26.0 Å². The van der Waals surface area contributed by atoms with Crippen molar-refractivity contribution in [1.29, 1.82) is 0 Å². The Labute approximate surface area is 133 Å². The number of methoxy groups -OCH3 is 1. The second-order valence-electron chi connectivity index (χ2n) is 5.50. The molecule has 0 saturated carbocycles. The summed E-state index contributed by atoms with van der Waals surface area (Å²) in [6, 6.07) is 6.52. The molecule has 0 atom stereocenters. The molecule has 0 aliphatic carbocycles. The maximum atomic E-state index is 12.6.